The summed E-state index contributed by atoms with van der Waals surface area (Å²) >= 11 is 1.75. The SMILES string of the molecule is CCc1nc(CNC[C@H]2CCO[C@H]2c2cnn(C)c2)cs1. The Morgan fingerprint density at radius 1 is 1.52 bits per heavy atom. The monoisotopic (exact) mass is 306 g/mol. The van der Waals surface area contributed by atoms with E-state index >= 15 is 0 Å². The molecule has 21 heavy (non-hydrogen) atoms. The van der Waals surface area contributed by atoms with Gasteiger partial charge in [-0.05, 0) is 12.8 Å². The van der Waals surface area contributed by atoms with Crippen LogP contribution >= 0.6 is 11.3 Å². The van der Waals surface area contributed by atoms with Gasteiger partial charge in [-0.2, -0.15) is 5.10 Å². The molecule has 114 valence electrons. The van der Waals surface area contributed by atoms with E-state index in [2.05, 4.69) is 33.9 Å². The first kappa shape index (κ1) is 14.7. The Bertz CT molecular complexity index is 580. The van der Waals surface area contributed by atoms with Gasteiger partial charge in [0.2, 0.25) is 0 Å². The van der Waals surface area contributed by atoms with Crippen LogP contribution in [0, 0.1) is 5.92 Å². The van der Waals surface area contributed by atoms with Crippen molar-refractivity contribution in [3.05, 3.63) is 34.0 Å². The van der Waals surface area contributed by atoms with E-state index in [-0.39, 0.29) is 6.10 Å². The molecular weight excluding hydrogens is 284 g/mol. The fourth-order valence-corrected chi connectivity index (χ4v) is 3.52. The van der Waals surface area contributed by atoms with Crippen molar-refractivity contribution in [1.29, 1.82) is 0 Å². The van der Waals surface area contributed by atoms with Crippen molar-refractivity contribution < 1.29 is 4.74 Å². The molecule has 2 aromatic rings. The molecule has 5 nitrogen and oxygen atoms in total. The van der Waals surface area contributed by atoms with Gasteiger partial charge in [0.05, 0.1) is 23.0 Å². The quantitative estimate of drug-likeness (QED) is 0.890. The second kappa shape index (κ2) is 6.68. The summed E-state index contributed by atoms with van der Waals surface area (Å²) < 4.78 is 7.72. The molecule has 1 aliphatic heterocycles. The van der Waals surface area contributed by atoms with Crippen LogP contribution in [-0.2, 0) is 24.8 Å². The molecular formula is C15H22N4OS. The first-order valence-corrected chi connectivity index (χ1v) is 8.38. The van der Waals surface area contributed by atoms with Gasteiger partial charge in [-0.25, -0.2) is 4.98 Å². The average Bonchev–Trinajstić information content (AvgIpc) is 3.19. The van der Waals surface area contributed by atoms with Crippen LogP contribution < -0.4 is 5.32 Å². The Morgan fingerprint density at radius 2 is 2.43 bits per heavy atom. The van der Waals surface area contributed by atoms with Crippen LogP contribution in [0.15, 0.2) is 17.8 Å². The third-order valence-corrected chi connectivity index (χ3v) is 4.92. The molecule has 6 heteroatoms. The number of thiazole rings is 1. The second-order valence-corrected chi connectivity index (χ2v) is 6.45. The fraction of sp³-hybridized carbons (Fsp3) is 0.600. The minimum atomic E-state index is 0.174. The molecule has 1 N–H and O–H groups in total. The maximum atomic E-state index is 5.88. The highest BCUT2D eigenvalue weighted by Crippen LogP contribution is 2.33. The van der Waals surface area contributed by atoms with Gasteiger partial charge in [-0.1, -0.05) is 6.92 Å². The van der Waals surface area contributed by atoms with E-state index in [9.17, 15) is 0 Å². The van der Waals surface area contributed by atoms with Gasteiger partial charge in [-0.15, -0.1) is 11.3 Å². The van der Waals surface area contributed by atoms with E-state index in [0.717, 1.165) is 38.2 Å². The lowest BCUT2D eigenvalue weighted by atomic mass is 9.97. The zero-order valence-electron chi connectivity index (χ0n) is 12.6. The number of hydrogen-bond donors (Lipinski definition) is 1. The average molecular weight is 306 g/mol. The van der Waals surface area contributed by atoms with E-state index in [4.69, 9.17) is 4.74 Å². The lowest BCUT2D eigenvalue weighted by molar-refractivity contribution is 0.0904. The molecule has 2 atom stereocenters. The van der Waals surface area contributed by atoms with Crippen LogP contribution in [0.3, 0.4) is 0 Å². The van der Waals surface area contributed by atoms with Gasteiger partial charge in [-0.3, -0.25) is 4.68 Å². The van der Waals surface area contributed by atoms with Crippen LogP contribution in [0.1, 0.15) is 35.7 Å². The third kappa shape index (κ3) is 3.51. The minimum Gasteiger partial charge on any atom is -0.373 e. The van der Waals surface area contributed by atoms with Crippen molar-refractivity contribution in [2.45, 2.75) is 32.4 Å². The summed E-state index contributed by atoms with van der Waals surface area (Å²) in [4.78, 5) is 4.58. The molecule has 1 aliphatic rings. The summed E-state index contributed by atoms with van der Waals surface area (Å²) in [5, 5.41) is 11.1. The van der Waals surface area contributed by atoms with Crippen molar-refractivity contribution in [1.82, 2.24) is 20.1 Å². The topological polar surface area (TPSA) is 52.0 Å². The van der Waals surface area contributed by atoms with Crippen LogP contribution in [0.25, 0.3) is 0 Å². The van der Waals surface area contributed by atoms with Crippen LogP contribution in [-0.4, -0.2) is 27.9 Å². The third-order valence-electron chi connectivity index (χ3n) is 3.88. The Hall–Kier alpha value is -1.24. The zero-order valence-corrected chi connectivity index (χ0v) is 13.4. The Morgan fingerprint density at radius 3 is 3.14 bits per heavy atom. The van der Waals surface area contributed by atoms with Gasteiger partial charge in [0.1, 0.15) is 0 Å². The largest absolute Gasteiger partial charge is 0.373 e. The highest BCUT2D eigenvalue weighted by atomic mass is 32.1. The summed E-state index contributed by atoms with van der Waals surface area (Å²) in [5.41, 5.74) is 2.33. The highest BCUT2D eigenvalue weighted by molar-refractivity contribution is 7.09. The molecule has 3 heterocycles. The fourth-order valence-electron chi connectivity index (χ4n) is 2.78. The smallest absolute Gasteiger partial charge is 0.0926 e. The Balaban J connectivity index is 1.52. The summed E-state index contributed by atoms with van der Waals surface area (Å²) in [6.45, 7) is 4.78. The van der Waals surface area contributed by atoms with E-state index in [1.807, 2.05) is 17.9 Å². The molecule has 0 radical (unpaired) electrons. The van der Waals surface area contributed by atoms with Crippen molar-refractivity contribution in [3.8, 4) is 0 Å². The van der Waals surface area contributed by atoms with E-state index in [1.165, 1.54) is 10.6 Å². The van der Waals surface area contributed by atoms with Crippen molar-refractivity contribution >= 4 is 11.3 Å². The number of ether oxygens (including phenoxy) is 1. The summed E-state index contributed by atoms with van der Waals surface area (Å²) in [6.07, 6.45) is 6.26. The predicted molar refractivity (Wildman–Crippen MR) is 83.2 cm³/mol. The maximum absolute atomic E-state index is 5.88. The standard InChI is InChI=1S/C15H22N4OS/c1-3-14-18-13(10-21-14)8-16-6-11-4-5-20-15(11)12-7-17-19(2)9-12/h7,9-11,15-16H,3-6,8H2,1-2H3/t11-,15-/m1/s1. The molecule has 0 spiro atoms. The highest BCUT2D eigenvalue weighted by Gasteiger charge is 2.30. The number of nitrogens with one attached hydrogen (secondary N) is 1. The predicted octanol–water partition coefficient (Wildman–Crippen LogP) is 2.31. The maximum Gasteiger partial charge on any atom is 0.0926 e. The molecule has 0 aliphatic carbocycles. The van der Waals surface area contributed by atoms with Crippen molar-refractivity contribution in [3.63, 3.8) is 0 Å². The summed E-state index contributed by atoms with van der Waals surface area (Å²) in [5.74, 6) is 0.512. The lowest BCUT2D eigenvalue weighted by Crippen LogP contribution is -2.24. The minimum absolute atomic E-state index is 0.174. The van der Waals surface area contributed by atoms with Gasteiger partial charge >= 0.3 is 0 Å². The van der Waals surface area contributed by atoms with Crippen LogP contribution in [0.4, 0.5) is 0 Å². The molecule has 3 rings (SSSR count). The zero-order chi connectivity index (χ0) is 14.7. The van der Waals surface area contributed by atoms with Gasteiger partial charge in [0, 0.05) is 49.8 Å². The normalized spacial score (nSPS) is 22.0. The number of nitrogens with zero attached hydrogens (tertiary/aromatic N) is 3. The van der Waals surface area contributed by atoms with Gasteiger partial charge in [0.25, 0.3) is 0 Å². The molecule has 2 aromatic heterocycles. The Kier molecular flexibility index (Phi) is 4.67. The van der Waals surface area contributed by atoms with Crippen molar-refractivity contribution in [2.24, 2.45) is 13.0 Å². The number of aryl methyl sites for hydroxylation is 2. The molecule has 1 fully saturated rings. The molecule has 0 saturated carbocycles. The molecule has 1 saturated heterocycles. The van der Waals surface area contributed by atoms with E-state index < -0.39 is 0 Å². The van der Waals surface area contributed by atoms with Crippen molar-refractivity contribution in [2.75, 3.05) is 13.2 Å². The first-order valence-electron chi connectivity index (χ1n) is 7.50. The lowest BCUT2D eigenvalue weighted by Gasteiger charge is -2.17. The second-order valence-electron chi connectivity index (χ2n) is 5.50. The number of rotatable bonds is 6. The Labute approximate surface area is 129 Å². The van der Waals surface area contributed by atoms with Gasteiger partial charge in [0.15, 0.2) is 0 Å². The van der Waals surface area contributed by atoms with Gasteiger partial charge < -0.3 is 10.1 Å². The summed E-state index contributed by atoms with van der Waals surface area (Å²) in [7, 11) is 1.94. The van der Waals surface area contributed by atoms with Crippen LogP contribution in [0.2, 0.25) is 0 Å². The molecule has 0 aromatic carbocycles. The number of aromatic nitrogens is 3. The molecule has 0 bridgehead atoms. The van der Waals surface area contributed by atoms with E-state index in [1.54, 1.807) is 11.3 Å². The summed E-state index contributed by atoms with van der Waals surface area (Å²) in [6, 6.07) is 0. The number of hydrogen-bond acceptors (Lipinski definition) is 5. The first-order chi connectivity index (χ1) is 10.3. The van der Waals surface area contributed by atoms with Crippen LogP contribution in [0.5, 0.6) is 0 Å². The molecule has 0 amide bonds. The van der Waals surface area contributed by atoms with E-state index in [0.29, 0.717) is 5.92 Å². The molecule has 0 unspecified atom stereocenters.